The van der Waals surface area contributed by atoms with Crippen LogP contribution in [0.2, 0.25) is 0 Å². The molecule has 0 saturated carbocycles. The van der Waals surface area contributed by atoms with Gasteiger partial charge in [-0.3, -0.25) is 0 Å². The first-order valence-electron chi connectivity index (χ1n) is 7.35. The van der Waals surface area contributed by atoms with Gasteiger partial charge in [0, 0.05) is 0 Å². The SMILES string of the molecule is O=[CH][Fe]([PH2])([CH]=O)([c]1ccccc1)([c]1ccccc1)[c]1ccccc1. The Morgan fingerprint density at radius 3 is 1.00 bits per heavy atom. The predicted octanol–water partition coefficient (Wildman–Crippen LogP) is 2.36. The van der Waals surface area contributed by atoms with Gasteiger partial charge in [-0.05, 0) is 0 Å². The minimum atomic E-state index is -4.77. The summed E-state index contributed by atoms with van der Waals surface area (Å²) in [5.41, 5.74) is 0. The molecule has 0 fully saturated rings. The van der Waals surface area contributed by atoms with Crippen LogP contribution in [0.4, 0.5) is 0 Å². The molecule has 0 heterocycles. The maximum absolute atomic E-state index is 12.9. The molecule has 24 heavy (non-hydrogen) atoms. The van der Waals surface area contributed by atoms with Gasteiger partial charge < -0.3 is 0 Å². The predicted molar refractivity (Wildman–Crippen MR) is 101 cm³/mol. The molecule has 0 aliphatic rings. The standard InChI is InChI=1S/3C6H5.2CHO.Fe.H2P/c3*1-2-4-6-5-3-1;2*1-2;;/h3*1-5H;2*1H;;1H2/q;;;;;+1;-1. The topological polar surface area (TPSA) is 34.1 Å². The fraction of sp³-hybridized carbons (Fsp3) is 0. The van der Waals surface area contributed by atoms with Crippen molar-refractivity contribution in [1.82, 2.24) is 0 Å². The zero-order valence-electron chi connectivity index (χ0n) is 13.1. The molecular formula is C20H19FeO2P. The summed E-state index contributed by atoms with van der Waals surface area (Å²) in [7, 11) is -2.03. The zero-order valence-corrected chi connectivity index (χ0v) is 15.3. The Balaban J connectivity index is 2.65. The molecule has 0 bridgehead atoms. The van der Waals surface area contributed by atoms with E-state index in [1.807, 2.05) is 91.0 Å². The van der Waals surface area contributed by atoms with Crippen LogP contribution >= 0.6 is 7.93 Å². The van der Waals surface area contributed by atoms with Crippen LogP contribution in [-0.4, -0.2) is 10.4 Å². The van der Waals surface area contributed by atoms with E-state index < -0.39 is 10.3 Å². The molecule has 1 atom stereocenters. The second-order valence-electron chi connectivity index (χ2n) is 5.55. The second-order valence-corrected chi connectivity index (χ2v) is 17.3. The van der Waals surface area contributed by atoms with E-state index in [0.717, 1.165) is 23.8 Å². The van der Waals surface area contributed by atoms with E-state index in [1.165, 1.54) is 0 Å². The van der Waals surface area contributed by atoms with Crippen molar-refractivity contribution in [3.8, 4) is 0 Å². The first-order chi connectivity index (χ1) is 11.6. The normalized spacial score (nSPS) is 14.2. The van der Waals surface area contributed by atoms with E-state index in [2.05, 4.69) is 7.93 Å². The summed E-state index contributed by atoms with van der Waals surface area (Å²) >= 11 is 0. The van der Waals surface area contributed by atoms with Gasteiger partial charge in [-0.15, -0.1) is 0 Å². The average molecular weight is 378 g/mol. The first-order valence-corrected chi connectivity index (χ1v) is 12.6. The van der Waals surface area contributed by atoms with Crippen molar-refractivity contribution < 1.29 is 19.9 Å². The van der Waals surface area contributed by atoms with E-state index in [1.54, 1.807) is 0 Å². The van der Waals surface area contributed by atoms with Crippen molar-refractivity contribution in [3.63, 3.8) is 0 Å². The minimum absolute atomic E-state index is 0.727. The van der Waals surface area contributed by atoms with Crippen LogP contribution in [0.5, 0.6) is 0 Å². The molecule has 4 heteroatoms. The van der Waals surface area contributed by atoms with Crippen LogP contribution in [0, 0.1) is 0 Å². The van der Waals surface area contributed by atoms with E-state index >= 15 is 0 Å². The molecule has 0 N–H and O–H groups in total. The molecule has 0 saturated heterocycles. The Morgan fingerprint density at radius 1 is 0.542 bits per heavy atom. The number of rotatable bonds is 5. The Hall–Kier alpha value is -2.05. The van der Waals surface area contributed by atoms with Crippen molar-refractivity contribution in [2.45, 2.75) is 0 Å². The molecule has 0 aromatic heterocycles. The van der Waals surface area contributed by atoms with Crippen LogP contribution in [0.1, 0.15) is 0 Å². The van der Waals surface area contributed by atoms with E-state index in [4.69, 9.17) is 0 Å². The second kappa shape index (κ2) is 5.50. The number of carbonyl (C=O) groups excluding carboxylic acids is 2. The van der Waals surface area contributed by atoms with E-state index in [-0.39, 0.29) is 0 Å². The average Bonchev–Trinajstić information content (AvgIpc) is 2.70. The Morgan fingerprint density at radius 2 is 0.792 bits per heavy atom. The Bertz CT molecular complexity index is 779. The van der Waals surface area contributed by atoms with Gasteiger partial charge in [0.25, 0.3) is 0 Å². The zero-order chi connectivity index (χ0) is 17.2. The van der Waals surface area contributed by atoms with Gasteiger partial charge in [-0.1, -0.05) is 0 Å². The molecule has 2 nitrogen and oxygen atoms in total. The van der Waals surface area contributed by atoms with Gasteiger partial charge in [0.2, 0.25) is 0 Å². The third-order valence-electron chi connectivity index (χ3n) is 4.29. The van der Waals surface area contributed by atoms with Crippen LogP contribution in [0.3, 0.4) is 0 Å². The third kappa shape index (κ3) is 1.87. The Labute approximate surface area is 142 Å². The summed E-state index contributed by atoms with van der Waals surface area (Å²) in [6.07, 6.45) is 0. The third-order valence-corrected chi connectivity index (χ3v) is 15.7. The van der Waals surface area contributed by atoms with E-state index in [9.17, 15) is 9.59 Å². The molecule has 3 aromatic rings. The number of benzene rings is 3. The molecule has 0 amide bonds. The van der Waals surface area contributed by atoms with Gasteiger partial charge in [0.05, 0.1) is 0 Å². The number of hydrogen-bond acceptors (Lipinski definition) is 2. The molecular weight excluding hydrogens is 359 g/mol. The molecule has 3 rings (SSSR count). The van der Waals surface area contributed by atoms with Crippen LogP contribution in [0.15, 0.2) is 91.0 Å². The fourth-order valence-corrected chi connectivity index (χ4v) is 10.3. The molecule has 3 aromatic carbocycles. The number of hydrogen-bond donors (Lipinski definition) is 0. The summed E-state index contributed by atoms with van der Waals surface area (Å²) in [6, 6.07) is 28.1. The maximum atomic E-state index is 12.9. The molecule has 0 aliphatic heterocycles. The first kappa shape index (κ1) is 16.8. The van der Waals surface area contributed by atoms with Crippen molar-refractivity contribution in [1.29, 1.82) is 0 Å². The van der Waals surface area contributed by atoms with Crippen LogP contribution in [-0.2, 0) is 19.9 Å². The number of carbonyl (C=O) groups is 2. The summed E-state index contributed by atoms with van der Waals surface area (Å²) in [5.74, 6) is 0. The van der Waals surface area contributed by atoms with Gasteiger partial charge in [-0.2, -0.15) is 0 Å². The molecule has 0 radical (unpaired) electrons. The Kier molecular flexibility index (Phi) is 3.85. The summed E-state index contributed by atoms with van der Waals surface area (Å²) in [6.45, 7) is 0. The van der Waals surface area contributed by atoms with Gasteiger partial charge in [0.15, 0.2) is 0 Å². The molecule has 1 unspecified atom stereocenters. The van der Waals surface area contributed by atoms with Gasteiger partial charge >= 0.3 is 143 Å². The van der Waals surface area contributed by atoms with Crippen molar-refractivity contribution in [2.24, 2.45) is 0 Å². The van der Waals surface area contributed by atoms with Crippen LogP contribution in [0.25, 0.3) is 0 Å². The van der Waals surface area contributed by atoms with Crippen molar-refractivity contribution >= 4 is 31.7 Å². The fourth-order valence-electron chi connectivity index (χ4n) is 2.86. The quantitative estimate of drug-likeness (QED) is 0.388. The summed E-state index contributed by atoms with van der Waals surface area (Å²) < 4.78 is 2.18. The van der Waals surface area contributed by atoms with E-state index in [0.29, 0.717) is 0 Å². The van der Waals surface area contributed by atoms with Crippen LogP contribution < -0.4 is 13.4 Å². The van der Waals surface area contributed by atoms with Gasteiger partial charge in [-0.25, -0.2) is 0 Å². The van der Waals surface area contributed by atoms with Gasteiger partial charge in [0.1, 0.15) is 0 Å². The molecule has 124 valence electrons. The monoisotopic (exact) mass is 378 g/mol. The van der Waals surface area contributed by atoms with Crippen molar-refractivity contribution in [2.75, 3.05) is 0 Å². The summed E-state index contributed by atoms with van der Waals surface area (Å²) in [5, 5.41) is 1.77. The molecule has 0 spiro atoms. The summed E-state index contributed by atoms with van der Waals surface area (Å²) in [4.78, 5) is 25.8. The molecule has 0 aliphatic carbocycles. The van der Waals surface area contributed by atoms with Crippen molar-refractivity contribution in [3.05, 3.63) is 91.0 Å².